The summed E-state index contributed by atoms with van der Waals surface area (Å²) in [6, 6.07) is 2.01. The van der Waals surface area contributed by atoms with Crippen LogP contribution in [0.5, 0.6) is 5.75 Å². The van der Waals surface area contributed by atoms with E-state index in [9.17, 15) is 53.4 Å². The third-order valence-corrected chi connectivity index (χ3v) is 15.5. The molecule has 20 nitrogen and oxygen atoms in total. The van der Waals surface area contributed by atoms with Gasteiger partial charge in [-0.15, -0.1) is 11.3 Å². The van der Waals surface area contributed by atoms with E-state index in [0.717, 1.165) is 16.2 Å². The second-order valence-corrected chi connectivity index (χ2v) is 21.6. The summed E-state index contributed by atoms with van der Waals surface area (Å²) >= 11 is 2.31. The Labute approximate surface area is 431 Å². The summed E-state index contributed by atoms with van der Waals surface area (Å²) in [7, 11) is 5.34. The number of aliphatic carboxylic acids is 1. The predicted octanol–water partition coefficient (Wildman–Crippen LogP) is 4.39. The van der Waals surface area contributed by atoms with Crippen LogP contribution in [0.25, 0.3) is 0 Å². The lowest BCUT2D eigenvalue weighted by Gasteiger charge is -2.38. The SMILES string of the molecule is CC[C@H](C)[C@H](CC(=O)C(C)(C)N(C)C)C(=O)N(C)[C@H](C[C@@H](OC(C)=O)c1nc(C(=O)N[C@@H](Cc2ccc(O)c(NC(=O)CCCNC(=O)[C@H](CN)N3C(=O)CC(SC)C3=O)c2)CC(C)C(=O)O)cs1)C(C)C. The van der Waals surface area contributed by atoms with Crippen molar-refractivity contribution in [2.75, 3.05) is 45.8 Å². The van der Waals surface area contributed by atoms with E-state index in [1.807, 2.05) is 60.5 Å². The number of esters is 1. The number of anilines is 1. The van der Waals surface area contributed by atoms with E-state index in [4.69, 9.17) is 10.5 Å². The Morgan fingerprint density at radius 3 is 2.28 bits per heavy atom. The maximum atomic E-state index is 14.3. The van der Waals surface area contributed by atoms with Crippen LogP contribution in [0.4, 0.5) is 5.69 Å². The first-order valence-corrected chi connectivity index (χ1v) is 26.5. The Morgan fingerprint density at radius 1 is 1.06 bits per heavy atom. The molecule has 2 heterocycles. The van der Waals surface area contributed by atoms with E-state index in [0.29, 0.717) is 17.0 Å². The van der Waals surface area contributed by atoms with E-state index in [2.05, 4.69) is 20.9 Å². The van der Waals surface area contributed by atoms with Gasteiger partial charge in [0.15, 0.2) is 11.9 Å². The number of hydrogen-bond donors (Lipinski definition) is 6. The van der Waals surface area contributed by atoms with Crippen LogP contribution < -0.4 is 21.7 Å². The molecule has 2 aromatic rings. The van der Waals surface area contributed by atoms with E-state index >= 15 is 0 Å². The first-order valence-electron chi connectivity index (χ1n) is 24.3. The fourth-order valence-corrected chi connectivity index (χ4v) is 9.77. The maximum Gasteiger partial charge on any atom is 0.306 e. The summed E-state index contributed by atoms with van der Waals surface area (Å²) in [6.07, 6.45) is 1.78. The van der Waals surface area contributed by atoms with Gasteiger partial charge in [0.2, 0.25) is 29.5 Å². The molecule has 2 unspecified atom stereocenters. The number of aromatic hydroxyl groups is 1. The van der Waals surface area contributed by atoms with Gasteiger partial charge in [-0.1, -0.05) is 47.1 Å². The Balaban J connectivity index is 1.75. The number of ketones is 1. The molecule has 1 aromatic heterocycles. The van der Waals surface area contributed by atoms with Crippen LogP contribution in [0.3, 0.4) is 0 Å². The summed E-state index contributed by atoms with van der Waals surface area (Å²) in [5, 5.41) is 29.9. The van der Waals surface area contributed by atoms with Crippen LogP contribution >= 0.6 is 23.1 Å². The molecule has 1 aromatic carbocycles. The molecule has 1 aliphatic rings. The molecule has 22 heteroatoms. The molecular formula is C50H76N8O12S2. The number of amides is 6. The molecule has 8 atom stereocenters. The highest BCUT2D eigenvalue weighted by molar-refractivity contribution is 8.00. The molecular weight excluding hydrogens is 969 g/mol. The molecule has 0 radical (unpaired) electrons. The minimum absolute atomic E-state index is 0.00200. The number of benzene rings is 1. The van der Waals surface area contributed by atoms with Crippen LogP contribution in [0.1, 0.15) is 127 Å². The number of likely N-dealkylation sites (N-methyl/N-ethyl adjacent to an activating group) is 1. The number of carbonyl (C=O) groups excluding carboxylic acids is 8. The lowest BCUT2D eigenvalue weighted by atomic mass is 9.81. The predicted molar refractivity (Wildman–Crippen MR) is 275 cm³/mol. The van der Waals surface area contributed by atoms with Crippen LogP contribution in [-0.4, -0.2) is 152 Å². The van der Waals surface area contributed by atoms with Crippen LogP contribution in [0.2, 0.25) is 0 Å². The molecule has 1 fully saturated rings. The average Bonchev–Trinajstić information content (AvgIpc) is 3.92. The first-order chi connectivity index (χ1) is 33.7. The van der Waals surface area contributed by atoms with Gasteiger partial charge < -0.3 is 41.5 Å². The van der Waals surface area contributed by atoms with Gasteiger partial charge in [-0.2, -0.15) is 11.8 Å². The number of likely N-dealkylation sites (tertiary alicyclic amines) is 1. The quantitative estimate of drug-likeness (QED) is 0.0285. The van der Waals surface area contributed by atoms with Crippen molar-refractivity contribution >= 4 is 82.0 Å². The fraction of sp³-hybridized carbons (Fsp3) is 0.640. The summed E-state index contributed by atoms with van der Waals surface area (Å²) in [6.45, 7) is 14.0. The minimum atomic E-state index is -1.18. The zero-order chi connectivity index (χ0) is 54.4. The van der Waals surface area contributed by atoms with Crippen molar-refractivity contribution in [3.63, 3.8) is 0 Å². The highest BCUT2D eigenvalue weighted by Gasteiger charge is 2.44. The number of phenolic OH excluding ortho intramolecular Hbond substituents is 1. The number of thioether (sulfide) groups is 1. The molecule has 0 bridgehead atoms. The number of aromatic nitrogens is 1. The van der Waals surface area contributed by atoms with Crippen molar-refractivity contribution in [3.05, 3.63) is 39.8 Å². The van der Waals surface area contributed by atoms with Crippen molar-refractivity contribution in [1.29, 1.82) is 0 Å². The molecule has 0 saturated carbocycles. The molecule has 1 aliphatic heterocycles. The van der Waals surface area contributed by atoms with Crippen molar-refractivity contribution in [2.45, 2.75) is 142 Å². The molecule has 72 heavy (non-hydrogen) atoms. The van der Waals surface area contributed by atoms with E-state index in [1.165, 1.54) is 43.1 Å². The summed E-state index contributed by atoms with van der Waals surface area (Å²) in [5.41, 5.74) is 5.55. The number of phenols is 1. The Kier molecular flexibility index (Phi) is 23.3. The number of carbonyl (C=O) groups is 9. The van der Waals surface area contributed by atoms with Crippen molar-refractivity contribution < 1.29 is 58.1 Å². The molecule has 1 saturated heterocycles. The standard InChI is InChI=1S/C50H76N8O12S2/c1-13-28(4)33(22-41(61)50(7,8)56(9)10)47(66)57(11)36(27(2)3)23-39(70-30(6)59)46-55-35(26-72-46)44(64)53-32(19-29(5)49(68)69)20-31-16-17-38(60)34(21-31)54-42(62)15-14-18-52-45(65)37(25-51)58-43(63)24-40(71-12)48(58)67/h16-17,21,26-29,32-33,36-37,39-40,60H,13-15,18-20,22-25,51H2,1-12H3,(H,52,65)(H,53,64)(H,54,62)(H,68,69)/t28-,29?,32+,33-,36+,37-,39+,40?/m0/s1. The first kappa shape index (κ1) is 60.9. The van der Waals surface area contributed by atoms with Crippen LogP contribution in [0, 0.1) is 23.7 Å². The molecule has 400 valence electrons. The third kappa shape index (κ3) is 16.5. The smallest absolute Gasteiger partial charge is 0.306 e. The number of thiazole rings is 1. The van der Waals surface area contributed by atoms with E-state index in [1.54, 1.807) is 24.3 Å². The average molecular weight is 1050 g/mol. The van der Waals surface area contributed by atoms with E-state index < -0.39 is 88.3 Å². The number of rotatable bonds is 29. The number of ether oxygens (including phenoxy) is 1. The molecule has 6 amide bonds. The van der Waals surface area contributed by atoms with Gasteiger partial charge in [0.25, 0.3) is 5.91 Å². The third-order valence-electron chi connectivity index (χ3n) is 13.6. The number of nitrogens with zero attached hydrogens (tertiary/aromatic N) is 4. The molecule has 0 aliphatic carbocycles. The maximum absolute atomic E-state index is 14.3. The van der Waals surface area contributed by atoms with Gasteiger partial charge in [0, 0.05) is 76.1 Å². The Hall–Kier alpha value is -5.45. The highest BCUT2D eigenvalue weighted by atomic mass is 32.2. The second-order valence-electron chi connectivity index (χ2n) is 19.7. The second kappa shape index (κ2) is 27.6. The largest absolute Gasteiger partial charge is 0.506 e. The van der Waals surface area contributed by atoms with Gasteiger partial charge in [-0.3, -0.25) is 53.0 Å². The van der Waals surface area contributed by atoms with Gasteiger partial charge in [0.05, 0.1) is 22.4 Å². The fourth-order valence-electron chi connectivity index (χ4n) is 8.31. The summed E-state index contributed by atoms with van der Waals surface area (Å²) in [4.78, 5) is 126. The lowest BCUT2D eigenvalue weighted by Crippen LogP contribution is -2.53. The van der Waals surface area contributed by atoms with E-state index in [-0.39, 0.29) is 98.7 Å². The lowest BCUT2D eigenvalue weighted by molar-refractivity contribution is -0.150. The summed E-state index contributed by atoms with van der Waals surface area (Å²) in [5.74, 6) is -6.60. The number of carboxylic acid groups (broad SMARTS) is 1. The number of Topliss-reactive ketones (excluding diaryl/α,β-unsaturated/α-hetero) is 1. The van der Waals surface area contributed by atoms with Crippen molar-refractivity contribution in [3.8, 4) is 5.75 Å². The summed E-state index contributed by atoms with van der Waals surface area (Å²) < 4.78 is 5.79. The monoisotopic (exact) mass is 1040 g/mol. The number of carboxylic acids is 1. The molecule has 7 N–H and O–H groups in total. The van der Waals surface area contributed by atoms with Gasteiger partial charge in [0.1, 0.15) is 22.5 Å². The minimum Gasteiger partial charge on any atom is -0.506 e. The molecule has 3 rings (SSSR count). The number of imide groups is 1. The molecule has 0 spiro atoms. The zero-order valence-electron chi connectivity index (χ0n) is 43.7. The number of hydrogen-bond acceptors (Lipinski definition) is 16. The van der Waals surface area contributed by atoms with Crippen LogP contribution in [0.15, 0.2) is 23.6 Å². The topological polar surface area (TPSA) is 288 Å². The number of nitrogens with one attached hydrogen (secondary N) is 3. The van der Waals surface area contributed by atoms with Gasteiger partial charge in [-0.05, 0) is 83.0 Å². The van der Waals surface area contributed by atoms with Gasteiger partial charge >= 0.3 is 11.9 Å². The highest BCUT2D eigenvalue weighted by Crippen LogP contribution is 2.34. The normalized spacial score (nSPS) is 16.9. The van der Waals surface area contributed by atoms with Crippen molar-refractivity contribution in [2.24, 2.45) is 29.4 Å². The van der Waals surface area contributed by atoms with Crippen LogP contribution in [-0.2, 0) is 49.5 Å². The Morgan fingerprint density at radius 2 is 1.72 bits per heavy atom. The number of nitrogens with two attached hydrogens (primary N) is 1. The van der Waals surface area contributed by atoms with Crippen molar-refractivity contribution in [1.82, 2.24) is 30.3 Å². The Bertz CT molecular complexity index is 2270. The zero-order valence-corrected chi connectivity index (χ0v) is 45.4. The van der Waals surface area contributed by atoms with Gasteiger partial charge in [-0.25, -0.2) is 4.98 Å².